The Hall–Kier alpha value is -2.34. The molecule has 0 aliphatic carbocycles. The van der Waals surface area contributed by atoms with E-state index < -0.39 is 0 Å². The van der Waals surface area contributed by atoms with Crippen LogP contribution >= 0.6 is 0 Å². The predicted octanol–water partition coefficient (Wildman–Crippen LogP) is 3.73. The first-order chi connectivity index (χ1) is 15.6. The molecule has 6 heteroatoms. The van der Waals surface area contributed by atoms with E-state index >= 15 is 0 Å². The lowest BCUT2D eigenvalue weighted by molar-refractivity contribution is -0.137. The van der Waals surface area contributed by atoms with Gasteiger partial charge in [0.15, 0.2) is 0 Å². The van der Waals surface area contributed by atoms with E-state index in [1.165, 1.54) is 27.7 Å². The summed E-state index contributed by atoms with van der Waals surface area (Å²) in [5.41, 5.74) is 5.38. The van der Waals surface area contributed by atoms with Gasteiger partial charge in [0.1, 0.15) is 0 Å². The number of likely N-dealkylation sites (tertiary alicyclic amines) is 1. The molecule has 2 amide bonds. The molecule has 1 N–H and O–H groups in total. The number of hydrogen-bond donors (Lipinski definition) is 1. The summed E-state index contributed by atoms with van der Waals surface area (Å²) in [5.74, 6) is 0.157. The second kappa shape index (κ2) is 9.49. The SMILES string of the molecule is Cc1ccc2c(c1)c1c(n2CCNC(=O)C2CCCN(C(=O)CC(C)(C)C)C2)CCN(C)C1. The molecular weight excluding hydrogens is 412 g/mol. The quantitative estimate of drug-likeness (QED) is 0.752. The molecule has 2 aliphatic heterocycles. The lowest BCUT2D eigenvalue weighted by Gasteiger charge is -2.33. The van der Waals surface area contributed by atoms with Crippen LogP contribution in [0.1, 0.15) is 56.9 Å². The highest BCUT2D eigenvalue weighted by Crippen LogP contribution is 2.31. The fraction of sp³-hybridized carbons (Fsp3) is 0.630. The lowest BCUT2D eigenvalue weighted by atomic mass is 9.90. The summed E-state index contributed by atoms with van der Waals surface area (Å²) in [5, 5.41) is 4.53. The van der Waals surface area contributed by atoms with E-state index in [9.17, 15) is 9.59 Å². The second-order valence-corrected chi connectivity index (χ2v) is 11.3. The van der Waals surface area contributed by atoms with Crippen LogP contribution in [0, 0.1) is 18.3 Å². The number of amides is 2. The first kappa shape index (κ1) is 23.8. The Morgan fingerprint density at radius 2 is 1.97 bits per heavy atom. The first-order valence-electron chi connectivity index (χ1n) is 12.5. The van der Waals surface area contributed by atoms with E-state index in [2.05, 4.69) is 67.7 Å². The summed E-state index contributed by atoms with van der Waals surface area (Å²) in [6, 6.07) is 6.70. The topological polar surface area (TPSA) is 57.6 Å². The van der Waals surface area contributed by atoms with Gasteiger partial charge in [-0.1, -0.05) is 32.4 Å². The van der Waals surface area contributed by atoms with Crippen LogP contribution in [-0.2, 0) is 29.1 Å². The van der Waals surface area contributed by atoms with Crippen LogP contribution in [-0.4, -0.2) is 59.4 Å². The molecule has 0 bridgehead atoms. The van der Waals surface area contributed by atoms with Gasteiger partial charge in [-0.2, -0.15) is 0 Å². The standard InChI is InChI=1S/C27H40N4O2/c1-19-8-9-23-21(15-19)22-18-29(5)13-10-24(22)31(23)14-11-28-26(33)20-7-6-12-30(17-20)25(32)16-27(2,3)4/h8-9,15,20H,6-7,10-14,16-18H2,1-5H3,(H,28,33). The van der Waals surface area contributed by atoms with E-state index in [1.54, 1.807) is 0 Å². The Morgan fingerprint density at radius 3 is 2.73 bits per heavy atom. The van der Waals surface area contributed by atoms with Gasteiger partial charge in [0.05, 0.1) is 5.92 Å². The number of fused-ring (bicyclic) bond motifs is 3. The van der Waals surface area contributed by atoms with Crippen molar-refractivity contribution in [3.63, 3.8) is 0 Å². The molecule has 4 rings (SSSR count). The van der Waals surface area contributed by atoms with Crippen LogP contribution in [0.2, 0.25) is 0 Å². The largest absolute Gasteiger partial charge is 0.354 e. The highest BCUT2D eigenvalue weighted by atomic mass is 16.2. The molecule has 0 saturated carbocycles. The third kappa shape index (κ3) is 5.43. The van der Waals surface area contributed by atoms with Crippen molar-refractivity contribution >= 4 is 22.7 Å². The van der Waals surface area contributed by atoms with Crippen LogP contribution in [0.3, 0.4) is 0 Å². The minimum absolute atomic E-state index is 0.0295. The number of piperidine rings is 1. The Morgan fingerprint density at radius 1 is 1.18 bits per heavy atom. The highest BCUT2D eigenvalue weighted by molar-refractivity contribution is 5.86. The molecular formula is C27H40N4O2. The maximum Gasteiger partial charge on any atom is 0.224 e. The van der Waals surface area contributed by atoms with Crippen LogP contribution in [0.5, 0.6) is 0 Å². The maximum atomic E-state index is 13.0. The van der Waals surface area contributed by atoms with Crippen molar-refractivity contribution in [3.05, 3.63) is 35.0 Å². The number of benzene rings is 1. The third-order valence-electron chi connectivity index (χ3n) is 7.06. The summed E-state index contributed by atoms with van der Waals surface area (Å²) in [6.07, 6.45) is 3.33. The van der Waals surface area contributed by atoms with E-state index in [1.807, 2.05) is 4.90 Å². The van der Waals surface area contributed by atoms with Gasteiger partial charge in [-0.15, -0.1) is 0 Å². The van der Waals surface area contributed by atoms with Crippen LogP contribution in [0.25, 0.3) is 10.9 Å². The number of nitrogens with zero attached hydrogens (tertiary/aromatic N) is 3. The van der Waals surface area contributed by atoms with Crippen molar-refractivity contribution in [2.45, 2.75) is 66.5 Å². The lowest BCUT2D eigenvalue weighted by Crippen LogP contribution is -2.46. The monoisotopic (exact) mass is 452 g/mol. The van der Waals surface area contributed by atoms with Gasteiger partial charge in [0.25, 0.3) is 0 Å². The molecule has 0 radical (unpaired) electrons. The molecule has 1 saturated heterocycles. The van der Waals surface area contributed by atoms with Crippen molar-refractivity contribution < 1.29 is 9.59 Å². The van der Waals surface area contributed by atoms with E-state index in [4.69, 9.17) is 0 Å². The van der Waals surface area contributed by atoms with Crippen LogP contribution in [0.4, 0.5) is 0 Å². The molecule has 6 nitrogen and oxygen atoms in total. The van der Waals surface area contributed by atoms with E-state index in [-0.39, 0.29) is 23.1 Å². The Kier molecular flexibility index (Phi) is 6.85. The average molecular weight is 453 g/mol. The Balaban J connectivity index is 1.40. The summed E-state index contributed by atoms with van der Waals surface area (Å²) >= 11 is 0. The smallest absolute Gasteiger partial charge is 0.224 e. The van der Waals surface area contributed by atoms with Crippen molar-refractivity contribution in [1.82, 2.24) is 19.7 Å². The third-order valence-corrected chi connectivity index (χ3v) is 7.06. The van der Waals surface area contributed by atoms with Crippen molar-refractivity contribution in [2.75, 3.05) is 33.2 Å². The van der Waals surface area contributed by atoms with Crippen LogP contribution in [0.15, 0.2) is 18.2 Å². The number of hydrogen-bond acceptors (Lipinski definition) is 3. The van der Waals surface area contributed by atoms with Gasteiger partial charge in [0.2, 0.25) is 11.8 Å². The average Bonchev–Trinajstić information content (AvgIpc) is 3.04. The molecule has 33 heavy (non-hydrogen) atoms. The highest BCUT2D eigenvalue weighted by Gasteiger charge is 2.30. The molecule has 1 fully saturated rings. The second-order valence-electron chi connectivity index (χ2n) is 11.3. The molecule has 2 aliphatic rings. The predicted molar refractivity (Wildman–Crippen MR) is 133 cm³/mol. The van der Waals surface area contributed by atoms with Crippen molar-refractivity contribution in [3.8, 4) is 0 Å². The van der Waals surface area contributed by atoms with Crippen LogP contribution < -0.4 is 5.32 Å². The number of carbonyl (C=O) groups excluding carboxylic acids is 2. The van der Waals surface area contributed by atoms with Gasteiger partial charge < -0.3 is 19.7 Å². The number of carbonyl (C=O) groups is 2. The zero-order valence-electron chi connectivity index (χ0n) is 21.0. The minimum Gasteiger partial charge on any atom is -0.354 e. The first-order valence-corrected chi connectivity index (χ1v) is 12.5. The molecule has 2 aromatic rings. The Labute approximate surface area is 198 Å². The molecule has 1 aromatic heterocycles. The normalized spacial score (nSPS) is 19.5. The number of aromatic nitrogens is 1. The fourth-order valence-electron chi connectivity index (χ4n) is 5.37. The molecule has 0 spiro atoms. The fourth-order valence-corrected chi connectivity index (χ4v) is 5.37. The summed E-state index contributed by atoms with van der Waals surface area (Å²) in [7, 11) is 2.18. The number of nitrogens with one attached hydrogen (secondary N) is 1. The van der Waals surface area contributed by atoms with Gasteiger partial charge in [0, 0.05) is 68.7 Å². The molecule has 180 valence electrons. The minimum atomic E-state index is -0.103. The summed E-state index contributed by atoms with van der Waals surface area (Å²) < 4.78 is 2.41. The summed E-state index contributed by atoms with van der Waals surface area (Å²) in [6.45, 7) is 13.2. The Bertz CT molecular complexity index is 1030. The molecule has 1 unspecified atom stereocenters. The van der Waals surface area contributed by atoms with Gasteiger partial charge >= 0.3 is 0 Å². The van der Waals surface area contributed by atoms with Crippen molar-refractivity contribution in [1.29, 1.82) is 0 Å². The van der Waals surface area contributed by atoms with E-state index in [0.29, 0.717) is 19.5 Å². The van der Waals surface area contributed by atoms with Gasteiger partial charge in [-0.3, -0.25) is 9.59 Å². The number of likely N-dealkylation sites (N-methyl/N-ethyl adjacent to an activating group) is 1. The molecule has 3 heterocycles. The zero-order chi connectivity index (χ0) is 23.8. The van der Waals surface area contributed by atoms with Gasteiger partial charge in [-0.05, 0) is 49.9 Å². The van der Waals surface area contributed by atoms with Gasteiger partial charge in [-0.25, -0.2) is 0 Å². The van der Waals surface area contributed by atoms with Crippen molar-refractivity contribution in [2.24, 2.45) is 11.3 Å². The molecule has 1 atom stereocenters. The van der Waals surface area contributed by atoms with E-state index in [0.717, 1.165) is 45.4 Å². The zero-order valence-corrected chi connectivity index (χ0v) is 21.0. The maximum absolute atomic E-state index is 13.0. The summed E-state index contributed by atoms with van der Waals surface area (Å²) in [4.78, 5) is 29.9. The number of rotatable bonds is 5. The number of aryl methyl sites for hydroxylation is 1. The molecule has 1 aromatic carbocycles.